The molecule has 1 aromatic carbocycles. The van der Waals surface area contributed by atoms with Gasteiger partial charge in [0.15, 0.2) is 0 Å². The molecule has 4 heteroatoms. The first-order chi connectivity index (χ1) is 12.7. The average molecular weight is 354 g/mol. The van der Waals surface area contributed by atoms with Gasteiger partial charge in [0.05, 0.1) is 5.69 Å². The largest absolute Gasteiger partial charge is 0.487 e. The van der Waals surface area contributed by atoms with Crippen molar-refractivity contribution >= 4 is 0 Å². The number of aromatic nitrogens is 1. The summed E-state index contributed by atoms with van der Waals surface area (Å²) < 4.78 is 5.83. The van der Waals surface area contributed by atoms with E-state index in [4.69, 9.17) is 4.74 Å². The summed E-state index contributed by atoms with van der Waals surface area (Å²) in [6, 6.07) is 15.7. The summed E-state index contributed by atoms with van der Waals surface area (Å²) >= 11 is 0. The van der Waals surface area contributed by atoms with Gasteiger partial charge in [0.25, 0.3) is 0 Å². The predicted molar refractivity (Wildman–Crippen MR) is 106 cm³/mol. The SMILES string of the molecule is CCC1CN(Cc2ccc(OCc3ccccn3)cc2)CCN1C(C)C. The van der Waals surface area contributed by atoms with Gasteiger partial charge in [0, 0.05) is 44.5 Å². The van der Waals surface area contributed by atoms with Crippen LogP contribution in [0.2, 0.25) is 0 Å². The molecule has 140 valence electrons. The first-order valence-corrected chi connectivity index (χ1v) is 9.75. The third kappa shape index (κ3) is 5.05. The van der Waals surface area contributed by atoms with Crippen LogP contribution in [-0.2, 0) is 13.2 Å². The minimum Gasteiger partial charge on any atom is -0.487 e. The van der Waals surface area contributed by atoms with E-state index in [0.29, 0.717) is 18.7 Å². The summed E-state index contributed by atoms with van der Waals surface area (Å²) in [6.45, 7) is 11.9. The monoisotopic (exact) mass is 353 g/mol. The maximum atomic E-state index is 5.83. The van der Waals surface area contributed by atoms with E-state index in [1.54, 1.807) is 6.20 Å². The molecule has 4 nitrogen and oxygen atoms in total. The fourth-order valence-corrected chi connectivity index (χ4v) is 3.71. The molecule has 26 heavy (non-hydrogen) atoms. The Labute approximate surface area is 157 Å². The quantitative estimate of drug-likeness (QED) is 0.753. The molecule has 0 aliphatic carbocycles. The molecule has 3 rings (SSSR count). The number of nitrogens with zero attached hydrogens (tertiary/aromatic N) is 3. The number of ether oxygens (including phenoxy) is 1. The lowest BCUT2D eigenvalue weighted by Crippen LogP contribution is -2.54. The molecule has 0 amide bonds. The molecule has 1 aliphatic heterocycles. The Morgan fingerprint density at radius 3 is 2.58 bits per heavy atom. The molecule has 2 heterocycles. The van der Waals surface area contributed by atoms with Crippen molar-refractivity contribution in [3.05, 3.63) is 59.9 Å². The first kappa shape index (κ1) is 18.9. The van der Waals surface area contributed by atoms with E-state index in [9.17, 15) is 0 Å². The fraction of sp³-hybridized carbons (Fsp3) is 0.500. The summed E-state index contributed by atoms with van der Waals surface area (Å²) in [6.07, 6.45) is 3.01. The number of rotatable bonds is 7. The van der Waals surface area contributed by atoms with Crippen molar-refractivity contribution in [3.8, 4) is 5.75 Å². The van der Waals surface area contributed by atoms with E-state index >= 15 is 0 Å². The molecule has 0 spiro atoms. The van der Waals surface area contributed by atoms with Crippen LogP contribution in [0.5, 0.6) is 5.75 Å². The molecule has 1 fully saturated rings. The fourth-order valence-electron chi connectivity index (χ4n) is 3.71. The van der Waals surface area contributed by atoms with Crippen LogP contribution in [0.3, 0.4) is 0 Å². The average Bonchev–Trinajstić information content (AvgIpc) is 2.68. The zero-order valence-electron chi connectivity index (χ0n) is 16.3. The molecule has 1 aromatic heterocycles. The van der Waals surface area contributed by atoms with Gasteiger partial charge in [0.2, 0.25) is 0 Å². The lowest BCUT2D eigenvalue weighted by atomic mass is 10.1. The van der Waals surface area contributed by atoms with Crippen molar-refractivity contribution in [2.45, 2.75) is 52.4 Å². The molecular formula is C22H31N3O. The molecule has 1 aliphatic rings. The topological polar surface area (TPSA) is 28.6 Å². The van der Waals surface area contributed by atoms with E-state index in [2.05, 4.69) is 59.8 Å². The number of benzene rings is 1. The Morgan fingerprint density at radius 1 is 1.12 bits per heavy atom. The van der Waals surface area contributed by atoms with E-state index in [0.717, 1.165) is 31.1 Å². The zero-order valence-corrected chi connectivity index (χ0v) is 16.3. The minimum atomic E-state index is 0.509. The summed E-state index contributed by atoms with van der Waals surface area (Å²) in [5.74, 6) is 0.899. The minimum absolute atomic E-state index is 0.509. The molecule has 1 atom stereocenters. The highest BCUT2D eigenvalue weighted by molar-refractivity contribution is 5.27. The predicted octanol–water partition coefficient (Wildman–Crippen LogP) is 3.97. The Hall–Kier alpha value is -1.91. The van der Waals surface area contributed by atoms with Crippen LogP contribution in [0.25, 0.3) is 0 Å². The second-order valence-corrected chi connectivity index (χ2v) is 7.38. The molecule has 0 bridgehead atoms. The summed E-state index contributed by atoms with van der Waals surface area (Å²) in [7, 11) is 0. The maximum Gasteiger partial charge on any atom is 0.130 e. The van der Waals surface area contributed by atoms with Gasteiger partial charge in [-0.15, -0.1) is 0 Å². The Bertz CT molecular complexity index is 657. The summed E-state index contributed by atoms with van der Waals surface area (Å²) in [5, 5.41) is 0. The Kier molecular flexibility index (Phi) is 6.64. The van der Waals surface area contributed by atoms with E-state index in [-0.39, 0.29) is 0 Å². The lowest BCUT2D eigenvalue weighted by Gasteiger charge is -2.43. The molecular weight excluding hydrogens is 322 g/mol. The maximum absolute atomic E-state index is 5.83. The van der Waals surface area contributed by atoms with Crippen molar-refractivity contribution in [3.63, 3.8) is 0 Å². The molecule has 2 aromatic rings. The molecule has 0 saturated carbocycles. The van der Waals surface area contributed by atoms with E-state index in [1.807, 2.05) is 18.2 Å². The molecule has 0 radical (unpaired) electrons. The standard InChI is InChI=1S/C22H31N3O/c1-4-21-16-24(13-14-25(21)18(2)3)15-19-8-10-22(11-9-19)26-17-20-7-5-6-12-23-20/h5-12,18,21H,4,13-17H2,1-3H3. The van der Waals surface area contributed by atoms with E-state index < -0.39 is 0 Å². The van der Waals surface area contributed by atoms with Gasteiger partial charge in [-0.2, -0.15) is 0 Å². The normalized spacial score (nSPS) is 19.0. The van der Waals surface area contributed by atoms with Crippen molar-refractivity contribution in [1.29, 1.82) is 0 Å². The molecule has 0 N–H and O–H groups in total. The van der Waals surface area contributed by atoms with Crippen molar-refractivity contribution < 1.29 is 4.74 Å². The van der Waals surface area contributed by atoms with Crippen LogP contribution >= 0.6 is 0 Å². The first-order valence-electron chi connectivity index (χ1n) is 9.75. The van der Waals surface area contributed by atoms with Crippen LogP contribution in [0, 0.1) is 0 Å². The molecule has 1 unspecified atom stereocenters. The van der Waals surface area contributed by atoms with Gasteiger partial charge in [-0.25, -0.2) is 0 Å². The smallest absolute Gasteiger partial charge is 0.130 e. The Morgan fingerprint density at radius 2 is 1.92 bits per heavy atom. The van der Waals surface area contributed by atoms with Crippen LogP contribution in [0.15, 0.2) is 48.7 Å². The van der Waals surface area contributed by atoms with Crippen molar-refractivity contribution in [2.75, 3.05) is 19.6 Å². The number of pyridine rings is 1. The Balaban J connectivity index is 1.51. The highest BCUT2D eigenvalue weighted by atomic mass is 16.5. The second-order valence-electron chi connectivity index (χ2n) is 7.38. The van der Waals surface area contributed by atoms with Crippen LogP contribution < -0.4 is 4.74 Å². The van der Waals surface area contributed by atoms with Gasteiger partial charge >= 0.3 is 0 Å². The van der Waals surface area contributed by atoms with Crippen LogP contribution in [0.4, 0.5) is 0 Å². The third-order valence-corrected chi connectivity index (χ3v) is 5.19. The second kappa shape index (κ2) is 9.15. The number of hydrogen-bond acceptors (Lipinski definition) is 4. The highest BCUT2D eigenvalue weighted by Crippen LogP contribution is 2.19. The zero-order chi connectivity index (χ0) is 18.4. The number of hydrogen-bond donors (Lipinski definition) is 0. The van der Waals surface area contributed by atoms with Gasteiger partial charge in [-0.05, 0) is 50.1 Å². The van der Waals surface area contributed by atoms with Crippen LogP contribution in [0.1, 0.15) is 38.4 Å². The molecule has 1 saturated heterocycles. The van der Waals surface area contributed by atoms with Gasteiger partial charge in [-0.1, -0.05) is 25.1 Å². The van der Waals surface area contributed by atoms with Gasteiger partial charge in [-0.3, -0.25) is 14.8 Å². The summed E-state index contributed by atoms with van der Waals surface area (Å²) in [5.41, 5.74) is 2.30. The number of piperazine rings is 1. The third-order valence-electron chi connectivity index (χ3n) is 5.19. The van der Waals surface area contributed by atoms with Crippen molar-refractivity contribution in [2.24, 2.45) is 0 Å². The summed E-state index contributed by atoms with van der Waals surface area (Å²) in [4.78, 5) is 9.51. The van der Waals surface area contributed by atoms with Gasteiger partial charge in [0.1, 0.15) is 12.4 Å². The highest BCUT2D eigenvalue weighted by Gasteiger charge is 2.27. The van der Waals surface area contributed by atoms with Crippen LogP contribution in [-0.4, -0.2) is 46.5 Å². The lowest BCUT2D eigenvalue weighted by molar-refractivity contribution is 0.0456. The van der Waals surface area contributed by atoms with Gasteiger partial charge < -0.3 is 4.74 Å². The van der Waals surface area contributed by atoms with E-state index in [1.165, 1.54) is 18.5 Å². The van der Waals surface area contributed by atoms with Crippen molar-refractivity contribution in [1.82, 2.24) is 14.8 Å².